The Morgan fingerprint density at radius 2 is 1.59 bits per heavy atom. The van der Waals surface area contributed by atoms with E-state index in [0.29, 0.717) is 25.0 Å². The standard InChI is InChI=1S/C20H28N4O2S/c1-21-20(22-13-14-24-27(2,25)26)23-16-19(18-11-7-4-8-12-18)15-17-9-5-3-6-10-17/h3-12,19,24H,13-16H2,1-2H3,(H2,21,22,23). The molecule has 2 rings (SSSR count). The van der Waals surface area contributed by atoms with Crippen molar-refractivity contribution in [1.82, 2.24) is 15.4 Å². The van der Waals surface area contributed by atoms with Crippen LogP contribution in [-0.2, 0) is 16.4 Å². The van der Waals surface area contributed by atoms with Gasteiger partial charge in [-0.1, -0.05) is 60.7 Å². The molecule has 0 aromatic heterocycles. The van der Waals surface area contributed by atoms with E-state index in [1.807, 2.05) is 12.1 Å². The van der Waals surface area contributed by atoms with E-state index >= 15 is 0 Å². The van der Waals surface area contributed by atoms with Gasteiger partial charge in [0.05, 0.1) is 6.26 Å². The maximum Gasteiger partial charge on any atom is 0.208 e. The molecule has 146 valence electrons. The topological polar surface area (TPSA) is 82.6 Å². The predicted octanol–water partition coefficient (Wildman–Crippen LogP) is 1.73. The maximum atomic E-state index is 11.1. The van der Waals surface area contributed by atoms with Crippen LogP contribution in [0.5, 0.6) is 0 Å². The first kappa shape index (κ1) is 20.9. The van der Waals surface area contributed by atoms with Crippen molar-refractivity contribution in [1.29, 1.82) is 0 Å². The monoisotopic (exact) mass is 388 g/mol. The first-order valence-corrected chi connectivity index (χ1v) is 10.8. The van der Waals surface area contributed by atoms with Crippen molar-refractivity contribution < 1.29 is 8.42 Å². The highest BCUT2D eigenvalue weighted by molar-refractivity contribution is 7.88. The molecule has 0 aliphatic carbocycles. The van der Waals surface area contributed by atoms with Crippen molar-refractivity contribution in [3.05, 3.63) is 71.8 Å². The molecule has 0 saturated heterocycles. The zero-order chi connectivity index (χ0) is 19.5. The Hall–Kier alpha value is -2.38. The molecule has 0 aliphatic rings. The van der Waals surface area contributed by atoms with Crippen molar-refractivity contribution in [2.45, 2.75) is 12.3 Å². The molecule has 0 heterocycles. The molecule has 0 aliphatic heterocycles. The van der Waals surface area contributed by atoms with Crippen LogP contribution in [0.2, 0.25) is 0 Å². The summed E-state index contributed by atoms with van der Waals surface area (Å²) in [6.45, 7) is 1.49. The van der Waals surface area contributed by atoms with Gasteiger partial charge in [0, 0.05) is 32.6 Å². The summed E-state index contributed by atoms with van der Waals surface area (Å²) >= 11 is 0. The average molecular weight is 389 g/mol. The lowest BCUT2D eigenvalue weighted by Gasteiger charge is -2.20. The van der Waals surface area contributed by atoms with Crippen LogP contribution < -0.4 is 15.4 Å². The van der Waals surface area contributed by atoms with E-state index in [-0.39, 0.29) is 0 Å². The number of guanidine groups is 1. The summed E-state index contributed by atoms with van der Waals surface area (Å²) in [7, 11) is -1.47. The Balaban J connectivity index is 1.94. The smallest absolute Gasteiger partial charge is 0.208 e. The van der Waals surface area contributed by atoms with E-state index in [2.05, 4.69) is 68.9 Å². The minimum absolute atomic E-state index is 0.293. The van der Waals surface area contributed by atoms with Gasteiger partial charge in [-0.2, -0.15) is 0 Å². The van der Waals surface area contributed by atoms with Crippen LogP contribution in [-0.4, -0.2) is 47.3 Å². The average Bonchev–Trinajstić information content (AvgIpc) is 2.67. The third-order valence-electron chi connectivity index (χ3n) is 4.12. The fraction of sp³-hybridized carbons (Fsp3) is 0.350. The number of hydrogen-bond donors (Lipinski definition) is 3. The van der Waals surface area contributed by atoms with Gasteiger partial charge in [-0.05, 0) is 17.5 Å². The molecular formula is C20H28N4O2S. The van der Waals surface area contributed by atoms with Gasteiger partial charge in [0.15, 0.2) is 5.96 Å². The molecule has 27 heavy (non-hydrogen) atoms. The number of benzene rings is 2. The van der Waals surface area contributed by atoms with E-state index < -0.39 is 10.0 Å². The molecule has 0 saturated carbocycles. The van der Waals surface area contributed by atoms with Crippen molar-refractivity contribution in [2.75, 3.05) is 32.9 Å². The SMILES string of the molecule is CN=C(NCCNS(C)(=O)=O)NCC(Cc1ccccc1)c1ccccc1. The molecule has 0 radical (unpaired) electrons. The third-order valence-corrected chi connectivity index (χ3v) is 4.85. The molecule has 0 bridgehead atoms. The lowest BCUT2D eigenvalue weighted by Crippen LogP contribution is -2.42. The molecule has 2 aromatic rings. The Bertz CT molecular complexity index is 808. The van der Waals surface area contributed by atoms with E-state index in [1.165, 1.54) is 11.1 Å². The highest BCUT2D eigenvalue weighted by Crippen LogP contribution is 2.20. The van der Waals surface area contributed by atoms with Crippen molar-refractivity contribution >= 4 is 16.0 Å². The van der Waals surface area contributed by atoms with Gasteiger partial charge in [-0.15, -0.1) is 0 Å². The molecule has 3 N–H and O–H groups in total. The molecule has 7 heteroatoms. The first-order valence-electron chi connectivity index (χ1n) is 8.96. The molecule has 1 unspecified atom stereocenters. The zero-order valence-electron chi connectivity index (χ0n) is 15.9. The summed E-state index contributed by atoms with van der Waals surface area (Å²) in [5.41, 5.74) is 2.55. The molecule has 0 amide bonds. The first-order chi connectivity index (χ1) is 13.0. The van der Waals surface area contributed by atoms with Crippen LogP contribution in [0, 0.1) is 0 Å². The highest BCUT2D eigenvalue weighted by atomic mass is 32.2. The van der Waals surface area contributed by atoms with Gasteiger partial charge in [-0.25, -0.2) is 13.1 Å². The highest BCUT2D eigenvalue weighted by Gasteiger charge is 2.13. The van der Waals surface area contributed by atoms with Crippen molar-refractivity contribution in [3.8, 4) is 0 Å². The lowest BCUT2D eigenvalue weighted by atomic mass is 9.92. The van der Waals surface area contributed by atoms with Gasteiger partial charge in [0.2, 0.25) is 10.0 Å². The van der Waals surface area contributed by atoms with Gasteiger partial charge in [0.25, 0.3) is 0 Å². The van der Waals surface area contributed by atoms with Crippen LogP contribution in [0.4, 0.5) is 0 Å². The second kappa shape index (κ2) is 10.7. The molecular weight excluding hydrogens is 360 g/mol. The maximum absolute atomic E-state index is 11.1. The summed E-state index contributed by atoms with van der Waals surface area (Å²) in [5, 5.41) is 6.47. The van der Waals surface area contributed by atoms with E-state index in [4.69, 9.17) is 0 Å². The van der Waals surface area contributed by atoms with Gasteiger partial charge < -0.3 is 10.6 Å². The minimum atomic E-state index is -3.18. The largest absolute Gasteiger partial charge is 0.356 e. The Morgan fingerprint density at radius 3 is 2.19 bits per heavy atom. The number of rotatable bonds is 9. The van der Waals surface area contributed by atoms with Crippen LogP contribution in [0.25, 0.3) is 0 Å². The van der Waals surface area contributed by atoms with Gasteiger partial charge in [0.1, 0.15) is 0 Å². The second-order valence-electron chi connectivity index (χ2n) is 6.34. The second-order valence-corrected chi connectivity index (χ2v) is 8.18. The number of nitrogens with zero attached hydrogens (tertiary/aromatic N) is 1. The number of aliphatic imine (C=N–C) groups is 1. The van der Waals surface area contributed by atoms with Crippen molar-refractivity contribution in [3.63, 3.8) is 0 Å². The number of nitrogens with one attached hydrogen (secondary N) is 3. The summed E-state index contributed by atoms with van der Waals surface area (Å²) in [6, 6.07) is 20.8. The minimum Gasteiger partial charge on any atom is -0.356 e. The number of hydrogen-bond acceptors (Lipinski definition) is 3. The van der Waals surface area contributed by atoms with E-state index in [9.17, 15) is 8.42 Å². The molecule has 6 nitrogen and oxygen atoms in total. The summed E-state index contributed by atoms with van der Waals surface area (Å²) in [4.78, 5) is 4.21. The fourth-order valence-electron chi connectivity index (χ4n) is 2.79. The fourth-order valence-corrected chi connectivity index (χ4v) is 3.26. The Morgan fingerprint density at radius 1 is 0.963 bits per heavy atom. The zero-order valence-corrected chi connectivity index (χ0v) is 16.7. The summed E-state index contributed by atoms with van der Waals surface area (Å²) < 4.78 is 24.7. The predicted molar refractivity (Wildman–Crippen MR) is 112 cm³/mol. The Kier molecular flexibility index (Phi) is 8.29. The molecule has 0 spiro atoms. The molecule has 1 atom stereocenters. The summed E-state index contributed by atoms with van der Waals surface area (Å²) in [6.07, 6.45) is 2.07. The quantitative estimate of drug-likeness (QED) is 0.347. The van der Waals surface area contributed by atoms with Crippen LogP contribution in [0.1, 0.15) is 17.0 Å². The normalized spacial score (nSPS) is 13.2. The van der Waals surface area contributed by atoms with Crippen LogP contribution >= 0.6 is 0 Å². The van der Waals surface area contributed by atoms with E-state index in [1.54, 1.807) is 7.05 Å². The molecule has 0 fully saturated rings. The number of sulfonamides is 1. The van der Waals surface area contributed by atoms with Crippen molar-refractivity contribution in [2.24, 2.45) is 4.99 Å². The molecule has 2 aromatic carbocycles. The van der Waals surface area contributed by atoms with Crippen LogP contribution in [0.15, 0.2) is 65.7 Å². The lowest BCUT2D eigenvalue weighted by molar-refractivity contribution is 0.586. The van der Waals surface area contributed by atoms with Gasteiger partial charge in [-0.3, -0.25) is 4.99 Å². The van der Waals surface area contributed by atoms with Crippen LogP contribution in [0.3, 0.4) is 0 Å². The Labute approximate surface area is 162 Å². The van der Waals surface area contributed by atoms with Gasteiger partial charge >= 0.3 is 0 Å². The third kappa shape index (κ3) is 8.23. The van der Waals surface area contributed by atoms with E-state index in [0.717, 1.165) is 19.2 Å². The summed E-state index contributed by atoms with van der Waals surface area (Å²) in [5.74, 6) is 0.945.